The van der Waals surface area contributed by atoms with E-state index in [1.165, 1.54) is 6.07 Å². The molecule has 3 rings (SSSR count). The van der Waals surface area contributed by atoms with E-state index in [0.717, 1.165) is 11.3 Å². The fourth-order valence-electron chi connectivity index (χ4n) is 2.61. The fraction of sp³-hybridized carbons (Fsp3) is 0.316. The van der Waals surface area contributed by atoms with Gasteiger partial charge in [-0.3, -0.25) is 4.98 Å². The Hall–Kier alpha value is -2.80. The molecule has 0 aliphatic carbocycles. The zero-order valence-electron chi connectivity index (χ0n) is 15.1. The molecule has 0 spiro atoms. The van der Waals surface area contributed by atoms with E-state index in [1.54, 1.807) is 36.9 Å². The highest BCUT2D eigenvalue weighted by Gasteiger charge is 2.14. The van der Waals surface area contributed by atoms with Crippen LogP contribution in [0.3, 0.4) is 0 Å². The van der Waals surface area contributed by atoms with E-state index in [0.29, 0.717) is 36.0 Å². The van der Waals surface area contributed by atoms with Gasteiger partial charge >= 0.3 is 0 Å². The topological polar surface area (TPSA) is 75.9 Å². The maximum Gasteiger partial charge on any atom is 0.247 e. The minimum atomic E-state index is -0.428. The van der Waals surface area contributed by atoms with Crippen LogP contribution in [0.25, 0.3) is 11.4 Å². The van der Waals surface area contributed by atoms with Crippen molar-refractivity contribution in [3.63, 3.8) is 0 Å². The van der Waals surface area contributed by atoms with Gasteiger partial charge in [-0.2, -0.15) is 4.98 Å². The van der Waals surface area contributed by atoms with Crippen LogP contribution >= 0.6 is 0 Å². The average Bonchev–Trinajstić information content (AvgIpc) is 2.99. The number of hydrogen-bond donors (Lipinski definition) is 2. The minimum Gasteiger partial charge on any atom is -0.393 e. The highest BCUT2D eigenvalue weighted by molar-refractivity contribution is 5.60. The predicted octanol–water partition coefficient (Wildman–Crippen LogP) is 3.61. The van der Waals surface area contributed by atoms with Crippen molar-refractivity contribution >= 4 is 11.6 Å². The molecule has 2 heterocycles. The molecular weight excluding hydrogens is 333 g/mol. The van der Waals surface area contributed by atoms with Crippen LogP contribution in [0, 0.1) is 19.7 Å². The average molecular weight is 355 g/mol. The van der Waals surface area contributed by atoms with Gasteiger partial charge in [0.1, 0.15) is 5.82 Å². The Morgan fingerprint density at radius 2 is 2.04 bits per heavy atom. The molecule has 0 fully saturated rings. The van der Waals surface area contributed by atoms with Gasteiger partial charge < -0.3 is 10.4 Å². The molecule has 7 heteroatoms. The molecule has 0 aliphatic rings. The minimum absolute atomic E-state index is 0.251. The normalized spacial score (nSPS) is 12.2. The molecule has 6 nitrogen and oxygen atoms in total. The van der Waals surface area contributed by atoms with E-state index in [2.05, 4.69) is 20.4 Å². The van der Waals surface area contributed by atoms with Crippen LogP contribution < -0.4 is 5.32 Å². The molecule has 1 atom stereocenters. The third kappa shape index (κ3) is 4.23. The van der Waals surface area contributed by atoms with E-state index in [1.807, 2.05) is 19.1 Å². The largest absolute Gasteiger partial charge is 0.393 e. The maximum absolute atomic E-state index is 13.4. The van der Waals surface area contributed by atoms with Gasteiger partial charge in [0.15, 0.2) is 5.82 Å². The predicted molar refractivity (Wildman–Crippen MR) is 98.7 cm³/mol. The first-order valence-electron chi connectivity index (χ1n) is 8.51. The summed E-state index contributed by atoms with van der Waals surface area (Å²) < 4.78 is 15.2. The van der Waals surface area contributed by atoms with Crippen molar-refractivity contribution < 1.29 is 9.50 Å². The fourth-order valence-corrected chi connectivity index (χ4v) is 2.61. The molecule has 26 heavy (non-hydrogen) atoms. The first-order chi connectivity index (χ1) is 12.4. The summed E-state index contributed by atoms with van der Waals surface area (Å²) in [7, 11) is 0. The maximum atomic E-state index is 13.4. The van der Waals surface area contributed by atoms with Crippen molar-refractivity contribution in [2.75, 3.05) is 5.32 Å². The van der Waals surface area contributed by atoms with Crippen LogP contribution in [-0.4, -0.2) is 31.0 Å². The number of aliphatic hydroxyl groups excluding tert-OH is 1. The van der Waals surface area contributed by atoms with Crippen molar-refractivity contribution in [1.82, 2.24) is 19.7 Å². The lowest BCUT2D eigenvalue weighted by atomic mass is 10.2. The number of aromatic nitrogens is 4. The Bertz CT molecular complexity index is 907. The van der Waals surface area contributed by atoms with Crippen molar-refractivity contribution in [1.29, 1.82) is 0 Å². The van der Waals surface area contributed by atoms with Gasteiger partial charge in [0.2, 0.25) is 5.95 Å². The molecule has 0 saturated heterocycles. The lowest BCUT2D eigenvalue weighted by Gasteiger charge is -2.07. The summed E-state index contributed by atoms with van der Waals surface area (Å²) in [6, 6.07) is 8.59. The van der Waals surface area contributed by atoms with Crippen molar-refractivity contribution in [3.8, 4) is 11.4 Å². The van der Waals surface area contributed by atoms with Gasteiger partial charge in [0.05, 0.1) is 6.10 Å². The second kappa shape index (κ2) is 7.61. The van der Waals surface area contributed by atoms with Crippen LogP contribution in [0.1, 0.15) is 24.6 Å². The lowest BCUT2D eigenvalue weighted by Crippen LogP contribution is -2.09. The van der Waals surface area contributed by atoms with Gasteiger partial charge in [0, 0.05) is 29.7 Å². The third-order valence-corrected chi connectivity index (χ3v) is 4.00. The lowest BCUT2D eigenvalue weighted by molar-refractivity contribution is 0.176. The zero-order valence-corrected chi connectivity index (χ0v) is 15.1. The smallest absolute Gasteiger partial charge is 0.247 e. The Morgan fingerprint density at radius 1 is 1.23 bits per heavy atom. The van der Waals surface area contributed by atoms with E-state index in [-0.39, 0.29) is 5.82 Å². The molecular formula is C19H22FN5O. The third-order valence-electron chi connectivity index (χ3n) is 4.00. The van der Waals surface area contributed by atoms with Crippen LogP contribution in [0.5, 0.6) is 0 Å². The van der Waals surface area contributed by atoms with Crippen LogP contribution in [-0.2, 0) is 6.54 Å². The Balaban J connectivity index is 1.93. The summed E-state index contributed by atoms with van der Waals surface area (Å²) in [5.74, 6) is 0.863. The van der Waals surface area contributed by atoms with Crippen LogP contribution in [0.15, 0.2) is 36.5 Å². The Labute approximate surface area is 151 Å². The molecule has 0 radical (unpaired) electrons. The second-order valence-corrected chi connectivity index (χ2v) is 6.39. The summed E-state index contributed by atoms with van der Waals surface area (Å²) in [6.07, 6.45) is 1.87. The number of halogens is 1. The quantitative estimate of drug-likeness (QED) is 0.706. The van der Waals surface area contributed by atoms with E-state index < -0.39 is 6.10 Å². The van der Waals surface area contributed by atoms with Gasteiger partial charge in [-0.15, -0.1) is 5.10 Å². The molecule has 2 aromatic heterocycles. The number of benzene rings is 1. The number of nitrogens with zero attached hydrogens (tertiary/aromatic N) is 4. The zero-order chi connectivity index (χ0) is 18.7. The molecule has 0 bridgehead atoms. The molecule has 136 valence electrons. The van der Waals surface area contributed by atoms with Crippen molar-refractivity contribution in [3.05, 3.63) is 53.6 Å². The van der Waals surface area contributed by atoms with Crippen molar-refractivity contribution in [2.24, 2.45) is 0 Å². The first-order valence-corrected chi connectivity index (χ1v) is 8.51. The summed E-state index contributed by atoms with van der Waals surface area (Å²) in [5, 5.41) is 17.2. The molecule has 1 aromatic carbocycles. The molecule has 3 aromatic rings. The summed E-state index contributed by atoms with van der Waals surface area (Å²) in [6.45, 7) is 5.90. The monoisotopic (exact) mass is 355 g/mol. The number of nitrogens with one attached hydrogen (secondary N) is 1. The van der Waals surface area contributed by atoms with Crippen LogP contribution in [0.2, 0.25) is 0 Å². The van der Waals surface area contributed by atoms with Gasteiger partial charge in [-0.05, 0) is 63.1 Å². The first kappa shape index (κ1) is 18.0. The molecule has 0 aliphatic heterocycles. The number of aryl methyl sites for hydroxylation is 3. The standard InChI is InChI=1S/C19H22FN5O/c1-12-10-16(4-5-17(12)20)22-19-23-18(15-6-8-21-13(2)11-15)25(24-19)9-7-14(3)26/h4-6,8,10-11,14,26H,7,9H2,1-3H3,(H,22,24). The number of aliphatic hydroxyl groups is 1. The number of pyridine rings is 1. The van der Waals surface area contributed by atoms with Gasteiger partial charge in [-0.25, -0.2) is 9.07 Å². The molecule has 2 N–H and O–H groups in total. The van der Waals surface area contributed by atoms with Crippen LogP contribution in [0.4, 0.5) is 16.0 Å². The van der Waals surface area contributed by atoms with Crippen molar-refractivity contribution in [2.45, 2.75) is 39.8 Å². The number of anilines is 2. The van der Waals surface area contributed by atoms with E-state index in [4.69, 9.17) is 0 Å². The summed E-state index contributed by atoms with van der Waals surface area (Å²) in [4.78, 5) is 8.80. The summed E-state index contributed by atoms with van der Waals surface area (Å²) in [5.41, 5.74) is 3.05. The SMILES string of the molecule is Cc1cc(-c2nc(Nc3ccc(F)c(C)c3)nn2CCC(C)O)ccn1. The molecule has 1 unspecified atom stereocenters. The second-order valence-electron chi connectivity index (χ2n) is 6.39. The van der Waals surface area contributed by atoms with E-state index >= 15 is 0 Å². The highest BCUT2D eigenvalue weighted by Crippen LogP contribution is 2.23. The number of hydrogen-bond acceptors (Lipinski definition) is 5. The summed E-state index contributed by atoms with van der Waals surface area (Å²) >= 11 is 0. The van der Waals surface area contributed by atoms with E-state index in [9.17, 15) is 9.50 Å². The highest BCUT2D eigenvalue weighted by atomic mass is 19.1. The number of rotatable bonds is 6. The Morgan fingerprint density at radius 3 is 2.73 bits per heavy atom. The van der Waals surface area contributed by atoms with Gasteiger partial charge in [-0.1, -0.05) is 0 Å². The van der Waals surface area contributed by atoms with Gasteiger partial charge in [0.25, 0.3) is 0 Å². The molecule has 0 amide bonds. The Kier molecular flexibility index (Phi) is 5.27. The molecule has 0 saturated carbocycles.